The summed E-state index contributed by atoms with van der Waals surface area (Å²) in [6.07, 6.45) is 7.17. The SMILES string of the molecule is CCC1CCCN1C(=O)C1CC12CCNCC2.Cl. The second kappa shape index (κ2) is 5.38. The van der Waals surface area contributed by atoms with Crippen molar-refractivity contribution in [1.29, 1.82) is 0 Å². The van der Waals surface area contributed by atoms with Crippen molar-refractivity contribution in [3.8, 4) is 0 Å². The summed E-state index contributed by atoms with van der Waals surface area (Å²) in [5.74, 6) is 0.855. The average Bonchev–Trinajstić information content (AvgIpc) is 2.86. The van der Waals surface area contributed by atoms with E-state index < -0.39 is 0 Å². The van der Waals surface area contributed by atoms with Crippen molar-refractivity contribution in [1.82, 2.24) is 10.2 Å². The van der Waals surface area contributed by atoms with Gasteiger partial charge in [0.15, 0.2) is 0 Å². The quantitative estimate of drug-likeness (QED) is 0.836. The maximum atomic E-state index is 12.6. The van der Waals surface area contributed by atoms with Crippen LogP contribution in [0.3, 0.4) is 0 Å². The zero-order valence-electron chi connectivity index (χ0n) is 11.3. The Bertz CT molecular complexity index is 315. The van der Waals surface area contributed by atoms with Crippen molar-refractivity contribution >= 4 is 18.3 Å². The predicted molar refractivity (Wildman–Crippen MR) is 74.9 cm³/mol. The minimum Gasteiger partial charge on any atom is -0.339 e. The van der Waals surface area contributed by atoms with E-state index in [4.69, 9.17) is 0 Å². The third-order valence-corrected chi connectivity index (χ3v) is 5.22. The molecule has 104 valence electrons. The molecule has 1 amide bonds. The van der Waals surface area contributed by atoms with Crippen molar-refractivity contribution in [3.05, 3.63) is 0 Å². The maximum Gasteiger partial charge on any atom is 0.226 e. The zero-order chi connectivity index (χ0) is 11.9. The van der Waals surface area contributed by atoms with Crippen LogP contribution in [-0.4, -0.2) is 36.5 Å². The van der Waals surface area contributed by atoms with Crippen LogP contribution in [0.5, 0.6) is 0 Å². The van der Waals surface area contributed by atoms with E-state index in [1.165, 1.54) is 32.1 Å². The highest BCUT2D eigenvalue weighted by Crippen LogP contribution is 2.59. The number of amides is 1. The summed E-state index contributed by atoms with van der Waals surface area (Å²) in [6.45, 7) is 5.45. The van der Waals surface area contributed by atoms with Gasteiger partial charge in [0.05, 0.1) is 0 Å². The molecular formula is C14H25ClN2O. The number of halogens is 1. The van der Waals surface area contributed by atoms with Gasteiger partial charge in [-0.3, -0.25) is 4.79 Å². The van der Waals surface area contributed by atoms with E-state index in [1.807, 2.05) is 0 Å². The molecule has 1 spiro atoms. The number of hydrogen-bond acceptors (Lipinski definition) is 2. The number of rotatable bonds is 2. The molecule has 3 aliphatic rings. The van der Waals surface area contributed by atoms with Gasteiger partial charge in [-0.2, -0.15) is 0 Å². The molecule has 3 nitrogen and oxygen atoms in total. The molecule has 0 bridgehead atoms. The summed E-state index contributed by atoms with van der Waals surface area (Å²) in [4.78, 5) is 14.8. The van der Waals surface area contributed by atoms with E-state index in [9.17, 15) is 4.79 Å². The first-order chi connectivity index (χ1) is 8.27. The van der Waals surface area contributed by atoms with E-state index in [0.717, 1.165) is 26.1 Å². The molecular weight excluding hydrogens is 248 g/mol. The lowest BCUT2D eigenvalue weighted by Gasteiger charge is -2.27. The van der Waals surface area contributed by atoms with Gasteiger partial charge in [0.1, 0.15) is 0 Å². The smallest absolute Gasteiger partial charge is 0.226 e. The highest BCUT2D eigenvalue weighted by Gasteiger charge is 2.59. The molecule has 3 rings (SSSR count). The van der Waals surface area contributed by atoms with E-state index >= 15 is 0 Å². The summed E-state index contributed by atoms with van der Waals surface area (Å²) in [5, 5.41) is 3.40. The van der Waals surface area contributed by atoms with Gasteiger partial charge in [0.25, 0.3) is 0 Å². The van der Waals surface area contributed by atoms with Gasteiger partial charge in [-0.25, -0.2) is 0 Å². The Morgan fingerprint density at radius 1 is 1.39 bits per heavy atom. The number of nitrogens with one attached hydrogen (secondary N) is 1. The highest BCUT2D eigenvalue weighted by molar-refractivity contribution is 5.85. The molecule has 2 aliphatic heterocycles. The van der Waals surface area contributed by atoms with Crippen molar-refractivity contribution in [2.24, 2.45) is 11.3 Å². The number of hydrogen-bond donors (Lipinski definition) is 1. The van der Waals surface area contributed by atoms with E-state index in [2.05, 4.69) is 17.1 Å². The molecule has 0 aromatic heterocycles. The zero-order valence-corrected chi connectivity index (χ0v) is 12.1. The van der Waals surface area contributed by atoms with Crippen LogP contribution < -0.4 is 5.32 Å². The molecule has 2 unspecified atom stereocenters. The normalized spacial score (nSPS) is 33.3. The Morgan fingerprint density at radius 3 is 2.78 bits per heavy atom. The lowest BCUT2D eigenvalue weighted by molar-refractivity contribution is -0.134. The highest BCUT2D eigenvalue weighted by atomic mass is 35.5. The van der Waals surface area contributed by atoms with Crippen LogP contribution in [0.25, 0.3) is 0 Å². The molecule has 2 heterocycles. The standard InChI is InChI=1S/C14H24N2O.ClH/c1-2-11-4-3-9-16(11)13(17)12-10-14(12)5-7-15-8-6-14;/h11-12,15H,2-10H2,1H3;1H. The number of likely N-dealkylation sites (tertiary alicyclic amines) is 1. The molecule has 0 aromatic carbocycles. The van der Waals surface area contributed by atoms with Crippen molar-refractivity contribution < 1.29 is 4.79 Å². The first-order valence-corrected chi connectivity index (χ1v) is 7.28. The summed E-state index contributed by atoms with van der Waals surface area (Å²) in [6, 6.07) is 0.543. The minimum absolute atomic E-state index is 0. The Kier molecular flexibility index (Phi) is 4.22. The lowest BCUT2D eigenvalue weighted by Crippen LogP contribution is -2.39. The van der Waals surface area contributed by atoms with Crippen LogP contribution in [0.1, 0.15) is 45.4 Å². The van der Waals surface area contributed by atoms with Gasteiger partial charge in [-0.05, 0) is 57.0 Å². The summed E-state index contributed by atoms with van der Waals surface area (Å²) < 4.78 is 0. The van der Waals surface area contributed by atoms with Crippen molar-refractivity contribution in [3.63, 3.8) is 0 Å². The minimum atomic E-state index is 0. The summed E-state index contributed by atoms with van der Waals surface area (Å²) >= 11 is 0. The first kappa shape index (κ1) is 14.1. The number of piperidine rings is 1. The second-order valence-corrected chi connectivity index (χ2v) is 6.11. The van der Waals surface area contributed by atoms with Gasteiger partial charge in [-0.1, -0.05) is 6.92 Å². The van der Waals surface area contributed by atoms with E-state index in [0.29, 0.717) is 23.3 Å². The topological polar surface area (TPSA) is 32.3 Å². The third kappa shape index (κ3) is 2.27. The fourth-order valence-electron chi connectivity index (χ4n) is 3.92. The van der Waals surface area contributed by atoms with Crippen molar-refractivity contribution in [2.45, 2.75) is 51.5 Å². The Balaban J connectivity index is 0.00000120. The largest absolute Gasteiger partial charge is 0.339 e. The van der Waals surface area contributed by atoms with Gasteiger partial charge in [0, 0.05) is 18.5 Å². The molecule has 18 heavy (non-hydrogen) atoms. The van der Waals surface area contributed by atoms with Crippen LogP contribution in [0, 0.1) is 11.3 Å². The van der Waals surface area contributed by atoms with E-state index in [-0.39, 0.29) is 12.4 Å². The molecule has 2 atom stereocenters. The predicted octanol–water partition coefficient (Wildman–Crippen LogP) is 2.20. The third-order valence-electron chi connectivity index (χ3n) is 5.22. The lowest BCUT2D eigenvalue weighted by atomic mass is 9.91. The van der Waals surface area contributed by atoms with Gasteiger partial charge in [0.2, 0.25) is 5.91 Å². The molecule has 1 saturated carbocycles. The Hall–Kier alpha value is -0.280. The average molecular weight is 273 g/mol. The molecule has 1 aliphatic carbocycles. The van der Waals surface area contributed by atoms with Crippen LogP contribution in [0.4, 0.5) is 0 Å². The fraction of sp³-hybridized carbons (Fsp3) is 0.929. The first-order valence-electron chi connectivity index (χ1n) is 7.28. The number of carbonyl (C=O) groups excluding carboxylic acids is 1. The number of carbonyl (C=O) groups is 1. The van der Waals surface area contributed by atoms with Crippen LogP contribution in [0.2, 0.25) is 0 Å². The molecule has 0 aromatic rings. The maximum absolute atomic E-state index is 12.6. The molecule has 0 radical (unpaired) electrons. The van der Waals surface area contributed by atoms with Crippen LogP contribution in [0.15, 0.2) is 0 Å². The Labute approximate surface area is 116 Å². The second-order valence-electron chi connectivity index (χ2n) is 6.11. The van der Waals surface area contributed by atoms with Crippen LogP contribution in [-0.2, 0) is 4.79 Å². The van der Waals surface area contributed by atoms with Gasteiger partial charge < -0.3 is 10.2 Å². The summed E-state index contributed by atoms with van der Waals surface area (Å²) in [5.41, 5.74) is 0.406. The monoisotopic (exact) mass is 272 g/mol. The molecule has 3 fully saturated rings. The summed E-state index contributed by atoms with van der Waals surface area (Å²) in [7, 11) is 0. The van der Waals surface area contributed by atoms with Crippen molar-refractivity contribution in [2.75, 3.05) is 19.6 Å². The van der Waals surface area contributed by atoms with E-state index in [1.54, 1.807) is 0 Å². The molecule has 2 saturated heterocycles. The van der Waals surface area contributed by atoms with Gasteiger partial charge >= 0.3 is 0 Å². The Morgan fingerprint density at radius 2 is 2.11 bits per heavy atom. The van der Waals surface area contributed by atoms with Gasteiger partial charge in [-0.15, -0.1) is 12.4 Å². The number of nitrogens with zero attached hydrogens (tertiary/aromatic N) is 1. The van der Waals surface area contributed by atoms with Crippen LogP contribution >= 0.6 is 12.4 Å². The fourth-order valence-corrected chi connectivity index (χ4v) is 3.92. The molecule has 4 heteroatoms. The molecule has 1 N–H and O–H groups in total.